The van der Waals surface area contributed by atoms with Gasteiger partial charge in [0.2, 0.25) is 5.91 Å². The number of rotatable bonds is 6. The molecule has 1 atom stereocenters. The Labute approximate surface area is 123 Å². The number of aromatic carboxylic acids is 1. The number of carbonyl (C=O) groups is 2. The van der Waals surface area contributed by atoms with Crippen molar-refractivity contribution in [3.8, 4) is 0 Å². The molecule has 6 heteroatoms. The van der Waals surface area contributed by atoms with Crippen LogP contribution in [0.3, 0.4) is 0 Å². The fourth-order valence-electron chi connectivity index (χ4n) is 2.50. The predicted octanol–water partition coefficient (Wildman–Crippen LogP) is 2.20. The van der Waals surface area contributed by atoms with Gasteiger partial charge in [0, 0.05) is 20.1 Å². The summed E-state index contributed by atoms with van der Waals surface area (Å²) in [5, 5.41) is 8.97. The largest absolute Gasteiger partial charge is 0.478 e. The summed E-state index contributed by atoms with van der Waals surface area (Å²) in [6.07, 6.45) is 3.47. The molecule has 1 aliphatic heterocycles. The van der Waals surface area contributed by atoms with Gasteiger partial charge in [0.1, 0.15) is 17.1 Å². The topological polar surface area (TPSA) is 80.0 Å². The lowest BCUT2D eigenvalue weighted by Gasteiger charge is -2.17. The third-order valence-corrected chi connectivity index (χ3v) is 3.72. The van der Waals surface area contributed by atoms with Crippen LogP contribution in [0.5, 0.6) is 0 Å². The molecule has 2 heterocycles. The summed E-state index contributed by atoms with van der Waals surface area (Å²) in [4.78, 5) is 24.5. The molecule has 2 rings (SSSR count). The number of nitrogens with zero attached hydrogens (tertiary/aromatic N) is 1. The third kappa shape index (κ3) is 4.07. The van der Waals surface area contributed by atoms with Gasteiger partial charge in [-0.05, 0) is 32.3 Å². The molecule has 1 amide bonds. The molecule has 6 nitrogen and oxygen atoms in total. The monoisotopic (exact) mass is 295 g/mol. The van der Waals surface area contributed by atoms with Crippen molar-refractivity contribution in [1.82, 2.24) is 4.90 Å². The smallest absolute Gasteiger partial charge is 0.339 e. The number of hydrogen-bond acceptors (Lipinski definition) is 4. The van der Waals surface area contributed by atoms with E-state index in [0.29, 0.717) is 17.9 Å². The van der Waals surface area contributed by atoms with Gasteiger partial charge in [-0.25, -0.2) is 4.79 Å². The van der Waals surface area contributed by atoms with Crippen LogP contribution in [-0.4, -0.2) is 41.6 Å². The molecule has 1 aromatic heterocycles. The van der Waals surface area contributed by atoms with Crippen LogP contribution in [-0.2, 0) is 16.1 Å². The maximum Gasteiger partial charge on any atom is 0.339 e. The molecule has 1 saturated heterocycles. The van der Waals surface area contributed by atoms with Gasteiger partial charge in [-0.3, -0.25) is 4.79 Å². The molecule has 0 unspecified atom stereocenters. The number of carboxylic acids is 1. The first-order chi connectivity index (χ1) is 9.97. The Balaban J connectivity index is 1.85. The van der Waals surface area contributed by atoms with Gasteiger partial charge in [0.15, 0.2) is 0 Å². The first kappa shape index (κ1) is 15.6. The highest BCUT2D eigenvalue weighted by Gasteiger charge is 2.20. The minimum Gasteiger partial charge on any atom is -0.478 e. The lowest BCUT2D eigenvalue weighted by Crippen LogP contribution is -2.26. The van der Waals surface area contributed by atoms with E-state index in [1.54, 1.807) is 18.9 Å². The zero-order valence-corrected chi connectivity index (χ0v) is 12.4. The normalized spacial score (nSPS) is 17.9. The number of furan rings is 1. The lowest BCUT2D eigenvalue weighted by atomic mass is 10.1. The van der Waals surface area contributed by atoms with Crippen LogP contribution in [0, 0.1) is 6.92 Å². The number of aryl methyl sites for hydroxylation is 1. The van der Waals surface area contributed by atoms with Crippen molar-refractivity contribution in [2.45, 2.75) is 45.3 Å². The fourth-order valence-corrected chi connectivity index (χ4v) is 2.50. The summed E-state index contributed by atoms with van der Waals surface area (Å²) >= 11 is 0. The van der Waals surface area contributed by atoms with Gasteiger partial charge in [-0.15, -0.1) is 0 Å². The van der Waals surface area contributed by atoms with E-state index in [-0.39, 0.29) is 24.1 Å². The van der Waals surface area contributed by atoms with Crippen molar-refractivity contribution < 1.29 is 23.8 Å². The van der Waals surface area contributed by atoms with E-state index in [1.807, 2.05) is 0 Å². The van der Waals surface area contributed by atoms with Gasteiger partial charge in [-0.1, -0.05) is 0 Å². The molecule has 1 N–H and O–H groups in total. The average Bonchev–Trinajstić information content (AvgIpc) is 3.05. The van der Waals surface area contributed by atoms with Crippen molar-refractivity contribution in [1.29, 1.82) is 0 Å². The molecule has 0 bridgehead atoms. The highest BCUT2D eigenvalue weighted by molar-refractivity contribution is 5.88. The van der Waals surface area contributed by atoms with Gasteiger partial charge in [0.05, 0.1) is 12.6 Å². The van der Waals surface area contributed by atoms with Crippen LogP contribution in [0.1, 0.15) is 47.6 Å². The Hall–Kier alpha value is -1.82. The van der Waals surface area contributed by atoms with Crippen molar-refractivity contribution in [2.24, 2.45) is 0 Å². The van der Waals surface area contributed by atoms with Crippen LogP contribution < -0.4 is 0 Å². The molecular formula is C15H21NO5. The number of ether oxygens (including phenoxy) is 1. The van der Waals surface area contributed by atoms with E-state index in [4.69, 9.17) is 14.3 Å². The first-order valence-electron chi connectivity index (χ1n) is 7.15. The van der Waals surface area contributed by atoms with Gasteiger partial charge in [0.25, 0.3) is 0 Å². The number of carboxylic acid groups (broad SMARTS) is 1. The lowest BCUT2D eigenvalue weighted by molar-refractivity contribution is -0.131. The molecule has 0 spiro atoms. The second kappa shape index (κ2) is 6.76. The standard InChI is InChI=1S/C15H21NO5/c1-10-13(15(18)19)8-12(21-10)9-16(2)14(17)6-5-11-4-3-7-20-11/h8,11H,3-7,9H2,1-2H3,(H,18,19)/t11-/m0/s1. The first-order valence-corrected chi connectivity index (χ1v) is 7.15. The fraction of sp³-hybridized carbons (Fsp3) is 0.600. The SMILES string of the molecule is Cc1oc(CN(C)C(=O)CC[C@@H]2CCCO2)cc1C(=O)O. The summed E-state index contributed by atoms with van der Waals surface area (Å²) in [5.74, 6) is -0.165. The van der Waals surface area contributed by atoms with Crippen molar-refractivity contribution in [3.05, 3.63) is 23.2 Å². The van der Waals surface area contributed by atoms with Gasteiger partial charge in [-0.2, -0.15) is 0 Å². The molecule has 1 aliphatic rings. The Bertz CT molecular complexity index is 516. The van der Waals surface area contributed by atoms with Crippen LogP contribution in [0.15, 0.2) is 10.5 Å². The highest BCUT2D eigenvalue weighted by Crippen LogP contribution is 2.19. The van der Waals surface area contributed by atoms with E-state index >= 15 is 0 Å². The number of hydrogen-bond donors (Lipinski definition) is 1. The molecule has 0 saturated carbocycles. The van der Waals surface area contributed by atoms with E-state index in [0.717, 1.165) is 25.9 Å². The minimum atomic E-state index is -1.02. The zero-order chi connectivity index (χ0) is 15.4. The van der Waals surface area contributed by atoms with E-state index in [1.165, 1.54) is 6.07 Å². The van der Waals surface area contributed by atoms with Gasteiger partial charge >= 0.3 is 5.97 Å². The molecule has 21 heavy (non-hydrogen) atoms. The maximum absolute atomic E-state index is 12.0. The second-order valence-corrected chi connectivity index (χ2v) is 5.41. The Kier molecular flexibility index (Phi) is 5.01. The van der Waals surface area contributed by atoms with Crippen molar-refractivity contribution in [3.63, 3.8) is 0 Å². The highest BCUT2D eigenvalue weighted by atomic mass is 16.5. The van der Waals surface area contributed by atoms with Crippen LogP contribution >= 0.6 is 0 Å². The number of amides is 1. The van der Waals surface area contributed by atoms with Crippen LogP contribution in [0.25, 0.3) is 0 Å². The van der Waals surface area contributed by atoms with Crippen LogP contribution in [0.4, 0.5) is 0 Å². The number of carbonyl (C=O) groups excluding carboxylic acids is 1. The average molecular weight is 295 g/mol. The zero-order valence-electron chi connectivity index (χ0n) is 12.4. The molecule has 0 aliphatic carbocycles. The Morgan fingerprint density at radius 2 is 2.24 bits per heavy atom. The second-order valence-electron chi connectivity index (χ2n) is 5.41. The third-order valence-electron chi connectivity index (χ3n) is 3.72. The molecule has 1 fully saturated rings. The molecular weight excluding hydrogens is 274 g/mol. The Morgan fingerprint density at radius 1 is 1.48 bits per heavy atom. The summed E-state index contributed by atoms with van der Waals surface area (Å²) in [5.41, 5.74) is 0.144. The summed E-state index contributed by atoms with van der Waals surface area (Å²) in [6, 6.07) is 1.47. The summed E-state index contributed by atoms with van der Waals surface area (Å²) < 4.78 is 10.9. The quantitative estimate of drug-likeness (QED) is 0.870. The van der Waals surface area contributed by atoms with E-state index < -0.39 is 5.97 Å². The van der Waals surface area contributed by atoms with E-state index in [9.17, 15) is 9.59 Å². The van der Waals surface area contributed by atoms with Crippen molar-refractivity contribution in [2.75, 3.05) is 13.7 Å². The Morgan fingerprint density at radius 3 is 2.81 bits per heavy atom. The van der Waals surface area contributed by atoms with Crippen LogP contribution in [0.2, 0.25) is 0 Å². The maximum atomic E-state index is 12.0. The molecule has 1 aromatic rings. The summed E-state index contributed by atoms with van der Waals surface area (Å²) in [7, 11) is 1.69. The molecule has 116 valence electrons. The molecule has 0 radical (unpaired) electrons. The summed E-state index contributed by atoms with van der Waals surface area (Å²) in [6.45, 7) is 2.67. The van der Waals surface area contributed by atoms with Crippen molar-refractivity contribution >= 4 is 11.9 Å². The van der Waals surface area contributed by atoms with Gasteiger partial charge < -0.3 is 19.2 Å². The molecule has 0 aromatic carbocycles. The minimum absolute atomic E-state index is 0.0106. The van der Waals surface area contributed by atoms with E-state index in [2.05, 4.69) is 0 Å². The predicted molar refractivity (Wildman–Crippen MR) is 75.1 cm³/mol.